The molecule has 0 aromatic heterocycles. The van der Waals surface area contributed by atoms with Crippen LogP contribution in [0.5, 0.6) is 0 Å². The quantitative estimate of drug-likeness (QED) is 0.817. The summed E-state index contributed by atoms with van der Waals surface area (Å²) in [6.45, 7) is 1.86. The molecule has 0 saturated carbocycles. The molecular weight excluding hydrogens is 263 g/mol. The van der Waals surface area contributed by atoms with Crippen LogP contribution in [0.1, 0.15) is 41.0 Å². The van der Waals surface area contributed by atoms with Crippen LogP contribution in [0.2, 0.25) is 0 Å². The first-order chi connectivity index (χ1) is 10.1. The molecular formula is C19H19FO. The maximum atomic E-state index is 13.2. The van der Waals surface area contributed by atoms with Gasteiger partial charge in [0.25, 0.3) is 0 Å². The lowest BCUT2D eigenvalue weighted by Crippen LogP contribution is -2.20. The number of carbonyl (C=O) groups excluding carboxylic acids is 1. The maximum Gasteiger partial charge on any atom is 0.144 e. The van der Waals surface area contributed by atoms with Crippen molar-refractivity contribution in [2.24, 2.45) is 0 Å². The van der Waals surface area contributed by atoms with E-state index < -0.39 is 0 Å². The van der Waals surface area contributed by atoms with E-state index in [1.807, 2.05) is 19.1 Å². The van der Waals surface area contributed by atoms with Crippen molar-refractivity contribution in [1.82, 2.24) is 0 Å². The summed E-state index contributed by atoms with van der Waals surface area (Å²) in [7, 11) is 0. The minimum Gasteiger partial charge on any atom is -0.299 e. The number of hydrogen-bond donors (Lipinski definition) is 0. The number of halogens is 1. The van der Waals surface area contributed by atoms with Gasteiger partial charge in [-0.1, -0.05) is 30.3 Å². The molecule has 1 aliphatic carbocycles. The third-order valence-corrected chi connectivity index (χ3v) is 4.43. The van der Waals surface area contributed by atoms with Gasteiger partial charge in [-0.15, -0.1) is 0 Å². The molecule has 0 bridgehead atoms. The molecule has 0 saturated heterocycles. The summed E-state index contributed by atoms with van der Waals surface area (Å²) >= 11 is 0. The molecule has 1 aliphatic rings. The van der Waals surface area contributed by atoms with E-state index in [4.69, 9.17) is 0 Å². The number of fused-ring (bicyclic) bond motifs is 1. The zero-order valence-electron chi connectivity index (χ0n) is 12.2. The van der Waals surface area contributed by atoms with E-state index >= 15 is 0 Å². The predicted molar refractivity (Wildman–Crippen MR) is 82.0 cm³/mol. The number of rotatable bonds is 3. The fourth-order valence-electron chi connectivity index (χ4n) is 3.26. The van der Waals surface area contributed by atoms with Gasteiger partial charge < -0.3 is 0 Å². The second kappa shape index (κ2) is 5.80. The van der Waals surface area contributed by atoms with E-state index in [9.17, 15) is 9.18 Å². The molecule has 0 fully saturated rings. The maximum absolute atomic E-state index is 13.2. The van der Waals surface area contributed by atoms with Crippen LogP contribution in [0.3, 0.4) is 0 Å². The molecule has 2 aromatic rings. The Morgan fingerprint density at radius 3 is 2.86 bits per heavy atom. The van der Waals surface area contributed by atoms with Gasteiger partial charge >= 0.3 is 0 Å². The van der Waals surface area contributed by atoms with Crippen LogP contribution in [0.15, 0.2) is 42.5 Å². The smallest absolute Gasteiger partial charge is 0.144 e. The predicted octanol–water partition coefficient (Wildman–Crippen LogP) is 4.37. The van der Waals surface area contributed by atoms with E-state index in [1.54, 1.807) is 6.07 Å². The van der Waals surface area contributed by atoms with Crippen molar-refractivity contribution in [3.05, 3.63) is 70.5 Å². The van der Waals surface area contributed by atoms with Crippen molar-refractivity contribution in [3.63, 3.8) is 0 Å². The summed E-state index contributed by atoms with van der Waals surface area (Å²) in [5.74, 6) is 0.00275. The zero-order valence-corrected chi connectivity index (χ0v) is 12.2. The Labute approximate surface area is 124 Å². The van der Waals surface area contributed by atoms with E-state index in [-0.39, 0.29) is 17.5 Å². The van der Waals surface area contributed by atoms with Gasteiger partial charge in [0.15, 0.2) is 0 Å². The first kappa shape index (κ1) is 14.0. The molecule has 1 unspecified atom stereocenters. The fourth-order valence-corrected chi connectivity index (χ4v) is 3.26. The molecule has 0 amide bonds. The number of benzene rings is 2. The van der Waals surface area contributed by atoms with Gasteiger partial charge in [-0.3, -0.25) is 4.79 Å². The van der Waals surface area contributed by atoms with Gasteiger partial charge in [0.05, 0.1) is 0 Å². The summed E-state index contributed by atoms with van der Waals surface area (Å²) in [5, 5.41) is 0. The van der Waals surface area contributed by atoms with Crippen LogP contribution >= 0.6 is 0 Å². The third kappa shape index (κ3) is 2.90. The summed E-state index contributed by atoms with van der Waals surface area (Å²) in [6, 6.07) is 12.9. The molecule has 0 N–H and O–H groups in total. The SMILES string of the molecule is Cc1cc(F)ccc1CC(=O)C1CCCc2ccccc21. The van der Waals surface area contributed by atoms with Crippen molar-refractivity contribution < 1.29 is 9.18 Å². The number of Topliss-reactive ketones (excluding diaryl/α,β-unsaturated/α-hetero) is 1. The van der Waals surface area contributed by atoms with E-state index in [2.05, 4.69) is 12.1 Å². The van der Waals surface area contributed by atoms with Gasteiger partial charge in [-0.05, 0) is 60.6 Å². The number of hydrogen-bond acceptors (Lipinski definition) is 1. The topological polar surface area (TPSA) is 17.1 Å². The van der Waals surface area contributed by atoms with E-state index in [0.717, 1.165) is 30.4 Å². The second-order valence-corrected chi connectivity index (χ2v) is 5.86. The molecule has 1 atom stereocenters. The third-order valence-electron chi connectivity index (χ3n) is 4.43. The molecule has 1 nitrogen and oxygen atoms in total. The summed E-state index contributed by atoms with van der Waals surface area (Å²) in [4.78, 5) is 12.7. The monoisotopic (exact) mass is 282 g/mol. The largest absolute Gasteiger partial charge is 0.299 e. The molecule has 0 spiro atoms. The average Bonchev–Trinajstić information content (AvgIpc) is 2.49. The first-order valence-electron chi connectivity index (χ1n) is 7.50. The Hall–Kier alpha value is -1.96. The molecule has 3 rings (SSSR count). The van der Waals surface area contributed by atoms with E-state index in [1.165, 1.54) is 23.3 Å². The Morgan fingerprint density at radius 1 is 1.24 bits per heavy atom. The number of ketones is 1. The van der Waals surface area contributed by atoms with Crippen molar-refractivity contribution in [3.8, 4) is 0 Å². The molecule has 0 radical (unpaired) electrons. The van der Waals surface area contributed by atoms with Crippen LogP contribution in [0.4, 0.5) is 4.39 Å². The highest BCUT2D eigenvalue weighted by Crippen LogP contribution is 2.33. The Morgan fingerprint density at radius 2 is 2.05 bits per heavy atom. The van der Waals surface area contributed by atoms with Crippen molar-refractivity contribution in [2.45, 2.75) is 38.5 Å². The fraction of sp³-hybridized carbons (Fsp3) is 0.316. The number of aryl methyl sites for hydroxylation is 2. The Bertz CT molecular complexity index is 675. The minimum atomic E-state index is -0.244. The Kier molecular flexibility index (Phi) is 3.87. The molecule has 2 heteroatoms. The number of carbonyl (C=O) groups is 1. The lowest BCUT2D eigenvalue weighted by molar-refractivity contribution is -0.120. The standard InChI is InChI=1S/C19H19FO/c1-13-11-16(20)10-9-15(13)12-19(21)18-8-4-6-14-5-2-3-7-17(14)18/h2-3,5,7,9-11,18H,4,6,8,12H2,1H3. The second-order valence-electron chi connectivity index (χ2n) is 5.86. The molecule has 108 valence electrons. The highest BCUT2D eigenvalue weighted by Gasteiger charge is 2.26. The van der Waals surface area contributed by atoms with Crippen LogP contribution in [-0.4, -0.2) is 5.78 Å². The van der Waals surface area contributed by atoms with Crippen molar-refractivity contribution in [2.75, 3.05) is 0 Å². The molecule has 21 heavy (non-hydrogen) atoms. The zero-order chi connectivity index (χ0) is 14.8. The van der Waals surface area contributed by atoms with E-state index in [0.29, 0.717) is 6.42 Å². The lowest BCUT2D eigenvalue weighted by atomic mass is 9.79. The molecule has 2 aromatic carbocycles. The first-order valence-corrected chi connectivity index (χ1v) is 7.50. The van der Waals surface area contributed by atoms with Crippen LogP contribution in [0.25, 0.3) is 0 Å². The van der Waals surface area contributed by atoms with Gasteiger partial charge in [0, 0.05) is 12.3 Å². The average molecular weight is 282 g/mol. The van der Waals surface area contributed by atoms with Gasteiger partial charge in [0.1, 0.15) is 11.6 Å². The summed E-state index contributed by atoms with van der Waals surface area (Å²) in [6.07, 6.45) is 3.45. The van der Waals surface area contributed by atoms with Crippen molar-refractivity contribution in [1.29, 1.82) is 0 Å². The highest BCUT2D eigenvalue weighted by molar-refractivity contribution is 5.88. The molecule has 0 heterocycles. The summed E-state index contributed by atoms with van der Waals surface area (Å²) < 4.78 is 13.2. The van der Waals surface area contributed by atoms with Gasteiger partial charge in [-0.2, -0.15) is 0 Å². The summed E-state index contributed by atoms with van der Waals surface area (Å²) in [5.41, 5.74) is 4.28. The minimum absolute atomic E-state index is 0.000553. The molecule has 0 aliphatic heterocycles. The van der Waals surface area contributed by atoms with Gasteiger partial charge in [0.2, 0.25) is 0 Å². The van der Waals surface area contributed by atoms with Crippen LogP contribution in [-0.2, 0) is 17.6 Å². The Balaban J connectivity index is 1.83. The normalized spacial score (nSPS) is 17.3. The van der Waals surface area contributed by atoms with Crippen LogP contribution in [0, 0.1) is 12.7 Å². The van der Waals surface area contributed by atoms with Crippen LogP contribution < -0.4 is 0 Å². The van der Waals surface area contributed by atoms with Crippen molar-refractivity contribution >= 4 is 5.78 Å². The van der Waals surface area contributed by atoms with Gasteiger partial charge in [-0.25, -0.2) is 4.39 Å². The lowest BCUT2D eigenvalue weighted by Gasteiger charge is -2.24. The highest BCUT2D eigenvalue weighted by atomic mass is 19.1.